The highest BCUT2D eigenvalue weighted by Gasteiger charge is 2.05. The predicted octanol–water partition coefficient (Wildman–Crippen LogP) is 1.58. The Balaban J connectivity index is 2.16. The Hall–Kier alpha value is -2.57. The summed E-state index contributed by atoms with van der Waals surface area (Å²) in [6.07, 6.45) is 4.85. The SMILES string of the molecule is CCc1ocnc1/C=c1\[nH]c(=O)/c(=C/c2cccc(Cl)c2Cl)[nH]c1=O. The second-order valence-corrected chi connectivity index (χ2v) is 5.97. The molecule has 0 bridgehead atoms. The van der Waals surface area contributed by atoms with E-state index in [1.54, 1.807) is 18.2 Å². The maximum Gasteiger partial charge on any atom is 0.272 e. The average Bonchev–Trinajstić information content (AvgIpc) is 3.03. The van der Waals surface area contributed by atoms with Crippen molar-refractivity contribution in [1.29, 1.82) is 0 Å². The minimum Gasteiger partial charge on any atom is -0.448 e. The maximum atomic E-state index is 12.3. The van der Waals surface area contributed by atoms with Crippen molar-refractivity contribution in [3.63, 3.8) is 0 Å². The molecule has 2 N–H and O–H groups in total. The molecular weight excluding hydrogens is 365 g/mol. The van der Waals surface area contributed by atoms with Gasteiger partial charge in [-0.25, -0.2) is 4.98 Å². The molecule has 0 aliphatic carbocycles. The van der Waals surface area contributed by atoms with Crippen LogP contribution in [0.3, 0.4) is 0 Å². The number of oxazole rings is 1. The summed E-state index contributed by atoms with van der Waals surface area (Å²) in [5.41, 5.74) is 0.0903. The molecule has 0 unspecified atom stereocenters. The van der Waals surface area contributed by atoms with E-state index in [2.05, 4.69) is 15.0 Å². The number of nitrogens with one attached hydrogen (secondary N) is 2. The highest BCUT2D eigenvalue weighted by molar-refractivity contribution is 6.42. The lowest BCUT2D eigenvalue weighted by molar-refractivity contribution is 0.509. The number of halogens is 2. The van der Waals surface area contributed by atoms with Gasteiger partial charge in [-0.05, 0) is 23.8 Å². The molecule has 1 aromatic carbocycles. The molecule has 0 saturated carbocycles. The molecule has 0 saturated heterocycles. The Morgan fingerprint density at radius 1 is 1.12 bits per heavy atom. The van der Waals surface area contributed by atoms with Gasteiger partial charge in [-0.1, -0.05) is 42.3 Å². The minimum absolute atomic E-state index is 0.0715. The quantitative estimate of drug-likeness (QED) is 0.724. The fourth-order valence-corrected chi connectivity index (χ4v) is 2.64. The number of aromatic nitrogens is 3. The van der Waals surface area contributed by atoms with Crippen molar-refractivity contribution in [2.45, 2.75) is 13.3 Å². The topological polar surface area (TPSA) is 91.8 Å². The molecular formula is C17H13Cl2N3O3. The number of benzene rings is 1. The Labute approximate surface area is 151 Å². The first-order valence-corrected chi connectivity index (χ1v) is 8.17. The molecule has 2 aromatic heterocycles. The van der Waals surface area contributed by atoms with E-state index in [1.165, 1.54) is 18.5 Å². The van der Waals surface area contributed by atoms with E-state index in [1.807, 2.05) is 6.92 Å². The Kier molecular flexibility index (Phi) is 4.92. The van der Waals surface area contributed by atoms with E-state index >= 15 is 0 Å². The van der Waals surface area contributed by atoms with Crippen molar-refractivity contribution in [3.8, 4) is 0 Å². The fourth-order valence-electron chi connectivity index (χ4n) is 2.28. The van der Waals surface area contributed by atoms with Crippen LogP contribution in [-0.2, 0) is 6.42 Å². The van der Waals surface area contributed by atoms with E-state index in [4.69, 9.17) is 27.6 Å². The van der Waals surface area contributed by atoms with E-state index < -0.39 is 11.1 Å². The molecule has 6 nitrogen and oxygen atoms in total. The molecule has 3 aromatic rings. The molecule has 25 heavy (non-hydrogen) atoms. The molecule has 0 atom stereocenters. The van der Waals surface area contributed by atoms with Gasteiger partial charge in [-0.3, -0.25) is 9.59 Å². The van der Waals surface area contributed by atoms with Gasteiger partial charge in [0.2, 0.25) is 0 Å². The van der Waals surface area contributed by atoms with Gasteiger partial charge >= 0.3 is 0 Å². The molecule has 0 fully saturated rings. The van der Waals surface area contributed by atoms with Crippen LogP contribution in [0.5, 0.6) is 0 Å². The van der Waals surface area contributed by atoms with Crippen molar-refractivity contribution in [1.82, 2.24) is 15.0 Å². The van der Waals surface area contributed by atoms with Crippen molar-refractivity contribution in [3.05, 3.63) is 83.1 Å². The van der Waals surface area contributed by atoms with Crippen molar-refractivity contribution < 1.29 is 4.42 Å². The summed E-state index contributed by atoms with van der Waals surface area (Å²) in [6, 6.07) is 5.02. The van der Waals surface area contributed by atoms with Crippen molar-refractivity contribution in [2.75, 3.05) is 0 Å². The van der Waals surface area contributed by atoms with Crippen LogP contribution >= 0.6 is 23.2 Å². The third-order valence-corrected chi connectivity index (χ3v) is 4.38. The van der Waals surface area contributed by atoms with E-state index in [9.17, 15) is 9.59 Å². The second kappa shape index (κ2) is 7.13. The Morgan fingerprint density at radius 2 is 1.80 bits per heavy atom. The van der Waals surface area contributed by atoms with Crippen LogP contribution in [0, 0.1) is 0 Å². The number of aryl methyl sites for hydroxylation is 1. The summed E-state index contributed by atoms with van der Waals surface area (Å²) in [5, 5.41) is 0.817. The largest absolute Gasteiger partial charge is 0.448 e. The van der Waals surface area contributed by atoms with Gasteiger partial charge < -0.3 is 14.4 Å². The zero-order valence-electron chi connectivity index (χ0n) is 13.1. The van der Waals surface area contributed by atoms with Crippen LogP contribution < -0.4 is 21.8 Å². The number of rotatable bonds is 3. The standard InChI is InChI=1S/C17H13Cl2N3O3/c1-2-14-11(20-8-25-14)7-13-17(24)21-12(16(23)22-13)6-9-4-3-5-10(18)15(9)19/h3-8H,2H2,1H3,(H,21,24)(H,22,23)/b12-6-,13-7-. The molecule has 0 aliphatic heterocycles. The van der Waals surface area contributed by atoms with Crippen LogP contribution in [0.2, 0.25) is 10.0 Å². The fraction of sp³-hybridized carbons (Fsp3) is 0.118. The van der Waals surface area contributed by atoms with Crippen molar-refractivity contribution >= 4 is 35.4 Å². The van der Waals surface area contributed by atoms with Gasteiger partial charge in [0, 0.05) is 6.42 Å². The first-order chi connectivity index (χ1) is 12.0. The first kappa shape index (κ1) is 17.3. The van der Waals surface area contributed by atoms with Gasteiger partial charge in [0.15, 0.2) is 6.39 Å². The number of H-pyrrole nitrogens is 2. The summed E-state index contributed by atoms with van der Waals surface area (Å²) < 4.78 is 5.20. The maximum absolute atomic E-state index is 12.3. The summed E-state index contributed by atoms with van der Waals surface area (Å²) in [5.74, 6) is 0.626. The summed E-state index contributed by atoms with van der Waals surface area (Å²) in [4.78, 5) is 33.7. The monoisotopic (exact) mass is 377 g/mol. The van der Waals surface area contributed by atoms with E-state index in [-0.39, 0.29) is 10.7 Å². The first-order valence-electron chi connectivity index (χ1n) is 7.42. The zero-order valence-corrected chi connectivity index (χ0v) is 14.6. The summed E-state index contributed by atoms with van der Waals surface area (Å²) in [7, 11) is 0. The van der Waals surface area contributed by atoms with Gasteiger partial charge in [0.25, 0.3) is 11.1 Å². The lowest BCUT2D eigenvalue weighted by Crippen LogP contribution is -2.46. The molecule has 2 heterocycles. The zero-order chi connectivity index (χ0) is 18.0. The van der Waals surface area contributed by atoms with Crippen LogP contribution in [0.4, 0.5) is 0 Å². The molecule has 0 amide bonds. The molecule has 0 aliphatic rings. The Morgan fingerprint density at radius 3 is 2.48 bits per heavy atom. The van der Waals surface area contributed by atoms with E-state index in [0.29, 0.717) is 33.5 Å². The van der Waals surface area contributed by atoms with Crippen LogP contribution in [-0.4, -0.2) is 15.0 Å². The number of nitrogens with zero attached hydrogens (tertiary/aromatic N) is 1. The second-order valence-electron chi connectivity index (χ2n) is 5.18. The van der Waals surface area contributed by atoms with Gasteiger partial charge in [0.05, 0.1) is 10.0 Å². The summed E-state index contributed by atoms with van der Waals surface area (Å²) in [6.45, 7) is 1.90. The predicted molar refractivity (Wildman–Crippen MR) is 96.4 cm³/mol. The number of aromatic amines is 2. The van der Waals surface area contributed by atoms with Crippen LogP contribution in [0.25, 0.3) is 12.2 Å². The van der Waals surface area contributed by atoms with Crippen molar-refractivity contribution in [2.24, 2.45) is 0 Å². The molecule has 8 heteroatoms. The highest BCUT2D eigenvalue weighted by Crippen LogP contribution is 2.25. The third-order valence-electron chi connectivity index (χ3n) is 3.54. The Bertz CT molecular complexity index is 1160. The lowest BCUT2D eigenvalue weighted by atomic mass is 10.2. The van der Waals surface area contributed by atoms with Gasteiger partial charge in [0.1, 0.15) is 22.2 Å². The number of hydrogen-bond donors (Lipinski definition) is 2. The molecule has 3 rings (SSSR count). The molecule has 0 radical (unpaired) electrons. The average molecular weight is 378 g/mol. The third kappa shape index (κ3) is 3.60. The normalized spacial score (nSPS) is 12.8. The van der Waals surface area contributed by atoms with Gasteiger partial charge in [-0.2, -0.15) is 0 Å². The smallest absolute Gasteiger partial charge is 0.272 e. The van der Waals surface area contributed by atoms with Crippen LogP contribution in [0.15, 0.2) is 38.6 Å². The summed E-state index contributed by atoms with van der Waals surface area (Å²) >= 11 is 12.1. The molecule has 0 spiro atoms. The highest BCUT2D eigenvalue weighted by atomic mass is 35.5. The lowest BCUT2D eigenvalue weighted by Gasteiger charge is -1.99. The van der Waals surface area contributed by atoms with E-state index in [0.717, 1.165) is 0 Å². The minimum atomic E-state index is -0.469. The molecule has 128 valence electrons. The van der Waals surface area contributed by atoms with Crippen LogP contribution in [0.1, 0.15) is 23.9 Å². The number of hydrogen-bond acceptors (Lipinski definition) is 4. The van der Waals surface area contributed by atoms with Gasteiger partial charge in [-0.15, -0.1) is 0 Å².